The molecule has 0 saturated heterocycles. The van der Waals surface area contributed by atoms with Crippen LogP contribution in [0.3, 0.4) is 0 Å². The van der Waals surface area contributed by atoms with Crippen molar-refractivity contribution in [1.29, 1.82) is 0 Å². The van der Waals surface area contributed by atoms with Crippen LogP contribution in [0.15, 0.2) is 23.1 Å². The smallest absolute Gasteiger partial charge is 0.212 e. The van der Waals surface area contributed by atoms with Crippen molar-refractivity contribution in [3.8, 4) is 0 Å². The first-order chi connectivity index (χ1) is 8.78. The van der Waals surface area contributed by atoms with Crippen molar-refractivity contribution in [3.63, 3.8) is 0 Å². The normalized spacial score (nSPS) is 15.4. The van der Waals surface area contributed by atoms with E-state index in [0.29, 0.717) is 0 Å². The van der Waals surface area contributed by atoms with E-state index < -0.39 is 24.8 Å². The number of hydrogen-bond acceptors (Lipinski definition) is 4. The van der Waals surface area contributed by atoms with E-state index in [2.05, 4.69) is 4.72 Å². The van der Waals surface area contributed by atoms with Crippen LogP contribution in [0.2, 0.25) is 0 Å². The summed E-state index contributed by atoms with van der Waals surface area (Å²) in [6.45, 7) is -0.231. The Morgan fingerprint density at radius 3 is 2.47 bits per heavy atom. The summed E-state index contributed by atoms with van der Waals surface area (Å²) in [6.07, 6.45) is 2.90. The molecule has 2 rings (SSSR count). The molecule has 106 valence electrons. The van der Waals surface area contributed by atoms with Gasteiger partial charge in [-0.2, -0.15) is 0 Å². The predicted octanol–water partition coefficient (Wildman–Crippen LogP) is 1.02. The lowest BCUT2D eigenvalue weighted by Gasteiger charge is -2.07. The molecule has 1 aromatic carbocycles. The van der Waals surface area contributed by atoms with Gasteiger partial charge in [-0.15, -0.1) is 0 Å². The molecular weight excluding hydrogens is 310 g/mol. The Morgan fingerprint density at radius 1 is 1.11 bits per heavy atom. The summed E-state index contributed by atoms with van der Waals surface area (Å²) in [5, 5.41) is 0. The molecule has 0 saturated carbocycles. The van der Waals surface area contributed by atoms with E-state index in [0.717, 1.165) is 24.8 Å². The molecular formula is C11H14ClNO4S2. The van der Waals surface area contributed by atoms with Gasteiger partial charge < -0.3 is 0 Å². The fraction of sp³-hybridized carbons (Fsp3) is 0.455. The first-order valence-electron chi connectivity index (χ1n) is 5.82. The van der Waals surface area contributed by atoms with Crippen LogP contribution in [0.5, 0.6) is 0 Å². The Balaban J connectivity index is 2.12. The lowest BCUT2D eigenvalue weighted by atomic mass is 10.1. The van der Waals surface area contributed by atoms with Crippen molar-refractivity contribution in [3.05, 3.63) is 29.3 Å². The van der Waals surface area contributed by atoms with Crippen molar-refractivity contribution in [1.82, 2.24) is 4.72 Å². The van der Waals surface area contributed by atoms with E-state index in [4.69, 9.17) is 10.7 Å². The number of fused-ring (bicyclic) bond motifs is 1. The highest BCUT2D eigenvalue weighted by Gasteiger charge is 2.18. The van der Waals surface area contributed by atoms with Gasteiger partial charge in [0.25, 0.3) is 0 Å². The summed E-state index contributed by atoms with van der Waals surface area (Å²) in [6, 6.07) is 5.01. The molecule has 0 radical (unpaired) electrons. The second-order valence-corrected chi connectivity index (χ2v) is 9.09. The first kappa shape index (κ1) is 14.8. The molecule has 8 heteroatoms. The fourth-order valence-corrected chi connectivity index (χ4v) is 3.89. The van der Waals surface area contributed by atoms with Crippen LogP contribution in [0.1, 0.15) is 17.5 Å². The Morgan fingerprint density at radius 2 is 1.79 bits per heavy atom. The Hall–Kier alpha value is -0.630. The summed E-state index contributed by atoms with van der Waals surface area (Å²) in [5.41, 5.74) is 2.23. The maximum atomic E-state index is 12.0. The molecule has 0 aromatic heterocycles. The van der Waals surface area contributed by atoms with Gasteiger partial charge in [0.2, 0.25) is 19.1 Å². The maximum absolute atomic E-state index is 12.0. The standard InChI is InChI=1S/C11H14ClNO4S2/c12-18(14,15)7-6-13-19(16,17)11-5-4-9-2-1-3-10(9)8-11/h4-5,8,13H,1-3,6-7H2. The number of hydrogen-bond donors (Lipinski definition) is 1. The number of rotatable bonds is 5. The Bertz CT molecular complexity index is 683. The average Bonchev–Trinajstić information content (AvgIpc) is 2.73. The second kappa shape index (κ2) is 5.40. The Labute approximate surface area is 117 Å². The molecule has 1 aliphatic rings. The second-order valence-electron chi connectivity index (χ2n) is 4.42. The quantitative estimate of drug-likeness (QED) is 0.820. The molecule has 0 unspecified atom stereocenters. The molecule has 0 heterocycles. The third-order valence-corrected chi connectivity index (χ3v) is 5.63. The van der Waals surface area contributed by atoms with Crippen molar-refractivity contribution in [2.24, 2.45) is 0 Å². The van der Waals surface area contributed by atoms with Crippen LogP contribution < -0.4 is 4.72 Å². The zero-order chi connectivity index (χ0) is 14.1. The molecule has 5 nitrogen and oxygen atoms in total. The molecule has 0 atom stereocenters. The summed E-state index contributed by atoms with van der Waals surface area (Å²) < 4.78 is 47.6. The minimum Gasteiger partial charge on any atom is -0.212 e. The summed E-state index contributed by atoms with van der Waals surface area (Å²) in [5.74, 6) is -0.432. The molecule has 1 aromatic rings. The molecule has 0 fully saturated rings. The summed E-state index contributed by atoms with van der Waals surface area (Å²) in [4.78, 5) is 0.167. The SMILES string of the molecule is O=S(=O)(Cl)CCNS(=O)(=O)c1ccc2c(c1)CCC2. The van der Waals surface area contributed by atoms with Crippen LogP contribution in [0.25, 0.3) is 0 Å². The highest BCUT2D eigenvalue weighted by Crippen LogP contribution is 2.24. The van der Waals surface area contributed by atoms with Crippen molar-refractivity contribution in [2.45, 2.75) is 24.2 Å². The van der Waals surface area contributed by atoms with Crippen LogP contribution >= 0.6 is 10.7 Å². The first-order valence-corrected chi connectivity index (χ1v) is 9.78. The van der Waals surface area contributed by atoms with Gasteiger partial charge in [0.15, 0.2) is 0 Å². The van der Waals surface area contributed by atoms with Crippen molar-refractivity contribution in [2.75, 3.05) is 12.3 Å². The third-order valence-electron chi connectivity index (χ3n) is 3.02. The molecule has 0 spiro atoms. The number of benzene rings is 1. The summed E-state index contributed by atoms with van der Waals surface area (Å²) >= 11 is 0. The van der Waals surface area contributed by atoms with E-state index in [1.54, 1.807) is 12.1 Å². The molecule has 0 bridgehead atoms. The van der Waals surface area contributed by atoms with E-state index in [1.807, 2.05) is 6.07 Å². The number of sulfonamides is 1. The lowest BCUT2D eigenvalue weighted by Crippen LogP contribution is -2.28. The van der Waals surface area contributed by atoms with Crippen LogP contribution in [0, 0.1) is 0 Å². The highest BCUT2D eigenvalue weighted by molar-refractivity contribution is 8.13. The highest BCUT2D eigenvalue weighted by atomic mass is 35.7. The summed E-state index contributed by atoms with van der Waals surface area (Å²) in [7, 11) is -2.35. The van der Waals surface area contributed by atoms with E-state index in [1.165, 1.54) is 5.56 Å². The van der Waals surface area contributed by atoms with Gasteiger partial charge >= 0.3 is 0 Å². The minimum atomic E-state index is -3.69. The maximum Gasteiger partial charge on any atom is 0.240 e. The Kier molecular flexibility index (Phi) is 4.20. The van der Waals surface area contributed by atoms with Crippen LogP contribution in [-0.2, 0) is 31.9 Å². The monoisotopic (exact) mass is 323 g/mol. The topological polar surface area (TPSA) is 80.3 Å². The van der Waals surface area contributed by atoms with E-state index in [-0.39, 0.29) is 11.4 Å². The fourth-order valence-electron chi connectivity index (χ4n) is 2.10. The molecule has 1 aliphatic carbocycles. The van der Waals surface area contributed by atoms with Gasteiger partial charge in [0.05, 0.1) is 10.6 Å². The zero-order valence-corrected chi connectivity index (χ0v) is 12.5. The zero-order valence-electron chi connectivity index (χ0n) is 10.1. The van der Waals surface area contributed by atoms with Gasteiger partial charge in [-0.3, -0.25) is 0 Å². The predicted molar refractivity (Wildman–Crippen MR) is 73.3 cm³/mol. The largest absolute Gasteiger partial charge is 0.240 e. The van der Waals surface area contributed by atoms with Gasteiger partial charge in [0, 0.05) is 17.2 Å². The lowest BCUT2D eigenvalue weighted by molar-refractivity contribution is 0.582. The van der Waals surface area contributed by atoms with Crippen LogP contribution in [-0.4, -0.2) is 29.1 Å². The number of nitrogens with one attached hydrogen (secondary N) is 1. The van der Waals surface area contributed by atoms with E-state index in [9.17, 15) is 16.8 Å². The van der Waals surface area contributed by atoms with Gasteiger partial charge in [-0.05, 0) is 42.5 Å². The van der Waals surface area contributed by atoms with Gasteiger partial charge in [-0.1, -0.05) is 6.07 Å². The number of aryl methyl sites for hydroxylation is 2. The third kappa shape index (κ3) is 3.92. The molecule has 19 heavy (non-hydrogen) atoms. The molecule has 0 aliphatic heterocycles. The molecule has 1 N–H and O–H groups in total. The average molecular weight is 324 g/mol. The molecule has 0 amide bonds. The van der Waals surface area contributed by atoms with Gasteiger partial charge in [0.1, 0.15) is 0 Å². The number of halogens is 1. The van der Waals surface area contributed by atoms with Crippen molar-refractivity contribution < 1.29 is 16.8 Å². The van der Waals surface area contributed by atoms with Crippen molar-refractivity contribution >= 4 is 29.8 Å². The van der Waals surface area contributed by atoms with Gasteiger partial charge in [-0.25, -0.2) is 21.6 Å². The van der Waals surface area contributed by atoms with Crippen LogP contribution in [0.4, 0.5) is 0 Å². The van der Waals surface area contributed by atoms with E-state index >= 15 is 0 Å². The minimum absolute atomic E-state index is 0.167.